The van der Waals surface area contributed by atoms with Crippen molar-refractivity contribution in [2.24, 2.45) is 0 Å². The van der Waals surface area contributed by atoms with Crippen LogP contribution in [0, 0.1) is 0 Å². The summed E-state index contributed by atoms with van der Waals surface area (Å²) in [5, 5.41) is 5.91. The number of nitrogens with one attached hydrogen (secondary N) is 2. The molecule has 2 N–H and O–H groups in total. The minimum absolute atomic E-state index is 0.0336. The minimum Gasteiger partial charge on any atom is -0.350 e. The van der Waals surface area contributed by atoms with Crippen molar-refractivity contribution >= 4 is 21.8 Å². The molecule has 0 saturated carbocycles. The maximum Gasteiger partial charge on any atom is 0.251 e. The second kappa shape index (κ2) is 9.89. The Hall–Kier alpha value is -2.97. The molecule has 33 heavy (non-hydrogen) atoms. The Labute approximate surface area is 194 Å². The molecule has 1 heterocycles. The Morgan fingerprint density at radius 2 is 1.67 bits per heavy atom. The van der Waals surface area contributed by atoms with E-state index in [2.05, 4.69) is 29.3 Å². The van der Waals surface area contributed by atoms with E-state index in [4.69, 9.17) is 0 Å². The number of hydrogen-bond donors (Lipinski definition) is 2. The van der Waals surface area contributed by atoms with Gasteiger partial charge in [-0.1, -0.05) is 30.8 Å². The van der Waals surface area contributed by atoms with Gasteiger partial charge in [0.05, 0.1) is 10.9 Å². The minimum atomic E-state index is -3.66. The molecule has 0 radical (unpaired) electrons. The fraction of sp³-hybridized carbons (Fsp3) is 0.360. The fourth-order valence-electron chi connectivity index (χ4n) is 4.57. The van der Waals surface area contributed by atoms with Crippen LogP contribution in [0.5, 0.6) is 0 Å². The van der Waals surface area contributed by atoms with Gasteiger partial charge >= 0.3 is 0 Å². The molecule has 2 aliphatic rings. The summed E-state index contributed by atoms with van der Waals surface area (Å²) in [6.45, 7) is 4.09. The monoisotopic (exact) mass is 467 g/mol. The summed E-state index contributed by atoms with van der Waals surface area (Å²) in [5.41, 5.74) is 2.86. The third-order valence-electron chi connectivity index (χ3n) is 6.41. The van der Waals surface area contributed by atoms with Gasteiger partial charge in [-0.15, -0.1) is 0 Å². The van der Waals surface area contributed by atoms with Crippen LogP contribution >= 0.6 is 0 Å². The van der Waals surface area contributed by atoms with E-state index in [9.17, 15) is 18.0 Å². The molecule has 7 nitrogen and oxygen atoms in total. The maximum atomic E-state index is 13.0. The summed E-state index contributed by atoms with van der Waals surface area (Å²) in [5.74, 6) is -0.457. The van der Waals surface area contributed by atoms with Gasteiger partial charge in [0.15, 0.2) is 0 Å². The molecule has 1 saturated heterocycles. The quantitative estimate of drug-likeness (QED) is 0.639. The SMILES string of the molecule is C=CC(=O)NC1CCN(S(=O)(=O)c2ccc(C(=O)NC3CCCc4ccccc43)cc2)CC1. The number of nitrogens with zero attached hydrogens (tertiary/aromatic N) is 1. The van der Waals surface area contributed by atoms with E-state index in [-0.39, 0.29) is 28.8 Å². The highest BCUT2D eigenvalue weighted by atomic mass is 32.2. The lowest BCUT2D eigenvalue weighted by Crippen LogP contribution is -2.46. The van der Waals surface area contributed by atoms with Crippen LogP contribution in [0.2, 0.25) is 0 Å². The molecule has 174 valence electrons. The van der Waals surface area contributed by atoms with Crippen LogP contribution in [0.15, 0.2) is 66.1 Å². The molecule has 8 heteroatoms. The zero-order chi connectivity index (χ0) is 23.4. The molecule has 2 aromatic carbocycles. The summed E-state index contributed by atoms with van der Waals surface area (Å²) < 4.78 is 27.5. The summed E-state index contributed by atoms with van der Waals surface area (Å²) in [6.07, 6.45) is 5.23. The lowest BCUT2D eigenvalue weighted by atomic mass is 9.87. The van der Waals surface area contributed by atoms with Crippen molar-refractivity contribution in [2.75, 3.05) is 13.1 Å². The Balaban J connectivity index is 1.39. The smallest absolute Gasteiger partial charge is 0.251 e. The first-order valence-corrected chi connectivity index (χ1v) is 12.7. The lowest BCUT2D eigenvalue weighted by molar-refractivity contribution is -0.117. The first-order chi connectivity index (χ1) is 15.9. The number of rotatable bonds is 6. The van der Waals surface area contributed by atoms with E-state index in [1.165, 1.54) is 28.1 Å². The number of sulfonamides is 1. The first kappa shape index (κ1) is 23.2. The molecule has 2 aromatic rings. The third-order valence-corrected chi connectivity index (χ3v) is 8.33. The van der Waals surface area contributed by atoms with Gasteiger partial charge in [-0.25, -0.2) is 8.42 Å². The van der Waals surface area contributed by atoms with Crippen LogP contribution in [0.3, 0.4) is 0 Å². The van der Waals surface area contributed by atoms with Crippen LogP contribution in [0.1, 0.15) is 53.2 Å². The number of piperidine rings is 1. The van der Waals surface area contributed by atoms with Crippen molar-refractivity contribution in [1.29, 1.82) is 0 Å². The van der Waals surface area contributed by atoms with E-state index < -0.39 is 10.0 Å². The van der Waals surface area contributed by atoms with Crippen molar-refractivity contribution < 1.29 is 18.0 Å². The van der Waals surface area contributed by atoms with Gasteiger partial charge in [0.1, 0.15) is 0 Å². The second-order valence-corrected chi connectivity index (χ2v) is 10.5. The van der Waals surface area contributed by atoms with Crippen LogP contribution in [0.4, 0.5) is 0 Å². The number of fused-ring (bicyclic) bond motifs is 1. The normalized spacial score (nSPS) is 19.3. The Morgan fingerprint density at radius 3 is 2.36 bits per heavy atom. The molecular weight excluding hydrogens is 438 g/mol. The van der Waals surface area contributed by atoms with Gasteiger partial charge in [-0.05, 0) is 73.6 Å². The molecule has 1 fully saturated rings. The van der Waals surface area contributed by atoms with Crippen molar-refractivity contribution in [3.63, 3.8) is 0 Å². The van der Waals surface area contributed by atoms with E-state index in [0.717, 1.165) is 24.8 Å². The average Bonchev–Trinajstić information content (AvgIpc) is 2.84. The molecule has 1 atom stereocenters. The first-order valence-electron chi connectivity index (χ1n) is 11.3. The lowest BCUT2D eigenvalue weighted by Gasteiger charge is -2.31. The van der Waals surface area contributed by atoms with Crippen molar-refractivity contribution in [1.82, 2.24) is 14.9 Å². The molecule has 0 bridgehead atoms. The van der Waals surface area contributed by atoms with E-state index >= 15 is 0 Å². The largest absolute Gasteiger partial charge is 0.350 e. The molecule has 2 amide bonds. The standard InChI is InChI=1S/C25H29N3O4S/c1-2-24(29)26-20-14-16-28(17-15-20)33(31,32)21-12-10-19(11-13-21)25(30)27-23-9-5-7-18-6-3-4-8-22(18)23/h2-4,6,8,10-13,20,23H,1,5,7,9,14-17H2,(H,26,29)(H,27,30). The summed E-state index contributed by atoms with van der Waals surface area (Å²) >= 11 is 0. The number of carbonyl (C=O) groups is 2. The summed E-state index contributed by atoms with van der Waals surface area (Å²) in [6, 6.07) is 14.2. The predicted molar refractivity (Wildman–Crippen MR) is 126 cm³/mol. The second-order valence-electron chi connectivity index (χ2n) is 8.53. The van der Waals surface area contributed by atoms with Gasteiger partial charge in [-0.2, -0.15) is 4.31 Å². The van der Waals surface area contributed by atoms with E-state index in [0.29, 0.717) is 31.5 Å². The Morgan fingerprint density at radius 1 is 0.970 bits per heavy atom. The Bertz CT molecular complexity index is 1140. The van der Waals surface area contributed by atoms with Gasteiger partial charge in [0.2, 0.25) is 15.9 Å². The molecule has 1 aliphatic carbocycles. The molecular formula is C25H29N3O4S. The van der Waals surface area contributed by atoms with Crippen molar-refractivity contribution in [3.05, 3.63) is 77.9 Å². The molecule has 0 spiro atoms. The predicted octanol–water partition coefficient (Wildman–Crippen LogP) is 2.95. The average molecular weight is 468 g/mol. The van der Waals surface area contributed by atoms with E-state index in [1.807, 2.05) is 12.1 Å². The zero-order valence-corrected chi connectivity index (χ0v) is 19.3. The highest BCUT2D eigenvalue weighted by Gasteiger charge is 2.30. The molecule has 1 unspecified atom stereocenters. The summed E-state index contributed by atoms with van der Waals surface area (Å²) in [4.78, 5) is 24.4. The summed E-state index contributed by atoms with van der Waals surface area (Å²) in [7, 11) is -3.66. The molecule has 4 rings (SSSR count). The highest BCUT2D eigenvalue weighted by Crippen LogP contribution is 2.30. The van der Waals surface area contributed by atoms with Crippen molar-refractivity contribution in [2.45, 2.75) is 49.1 Å². The van der Waals surface area contributed by atoms with Crippen LogP contribution in [-0.2, 0) is 21.2 Å². The highest BCUT2D eigenvalue weighted by molar-refractivity contribution is 7.89. The van der Waals surface area contributed by atoms with Gasteiger partial charge in [-0.3, -0.25) is 9.59 Å². The molecule has 0 aromatic heterocycles. The number of amides is 2. The van der Waals surface area contributed by atoms with Crippen molar-refractivity contribution in [3.8, 4) is 0 Å². The fourth-order valence-corrected chi connectivity index (χ4v) is 6.04. The number of hydrogen-bond acceptors (Lipinski definition) is 4. The zero-order valence-electron chi connectivity index (χ0n) is 18.5. The third kappa shape index (κ3) is 5.17. The molecule has 1 aliphatic heterocycles. The van der Waals surface area contributed by atoms with Crippen LogP contribution < -0.4 is 10.6 Å². The van der Waals surface area contributed by atoms with Gasteiger partial charge in [0, 0.05) is 24.7 Å². The van der Waals surface area contributed by atoms with Crippen LogP contribution in [-0.4, -0.2) is 43.7 Å². The van der Waals surface area contributed by atoms with Gasteiger partial charge in [0.25, 0.3) is 5.91 Å². The van der Waals surface area contributed by atoms with E-state index in [1.54, 1.807) is 12.1 Å². The van der Waals surface area contributed by atoms with Gasteiger partial charge < -0.3 is 10.6 Å². The van der Waals surface area contributed by atoms with Crippen LogP contribution in [0.25, 0.3) is 0 Å². The maximum absolute atomic E-state index is 13.0. The number of benzene rings is 2. The Kier molecular flexibility index (Phi) is 6.95. The topological polar surface area (TPSA) is 95.6 Å². The number of carbonyl (C=O) groups excluding carboxylic acids is 2. The number of aryl methyl sites for hydroxylation is 1.